The van der Waals surface area contributed by atoms with Crippen molar-refractivity contribution in [2.24, 2.45) is 11.3 Å². The summed E-state index contributed by atoms with van der Waals surface area (Å²) in [5.41, 5.74) is 0.285. The van der Waals surface area contributed by atoms with Crippen molar-refractivity contribution in [3.63, 3.8) is 0 Å². The van der Waals surface area contributed by atoms with Crippen molar-refractivity contribution in [2.45, 2.75) is 33.1 Å². The summed E-state index contributed by atoms with van der Waals surface area (Å²) in [6.07, 6.45) is 2.01. The van der Waals surface area contributed by atoms with E-state index in [4.69, 9.17) is 11.6 Å². The van der Waals surface area contributed by atoms with Crippen LogP contribution in [0.3, 0.4) is 0 Å². The Morgan fingerprint density at radius 1 is 1.14 bits per heavy atom. The van der Waals surface area contributed by atoms with Gasteiger partial charge in [0.2, 0.25) is 11.8 Å². The molecule has 0 heterocycles. The number of halogens is 1. The number of carbonyl (C=O) groups is 2. The van der Waals surface area contributed by atoms with E-state index >= 15 is 0 Å². The highest BCUT2D eigenvalue weighted by Crippen LogP contribution is 2.46. The normalized spacial score (nSPS) is 15.5. The topological polar surface area (TPSA) is 58.2 Å². The lowest BCUT2D eigenvalue weighted by Gasteiger charge is -2.16. The third-order valence-electron chi connectivity index (χ3n) is 3.90. The molecule has 1 saturated carbocycles. The first-order valence-electron chi connectivity index (χ1n) is 7.75. The minimum Gasteiger partial charge on any atom is -0.355 e. The molecular formula is C17H23ClN2O2. The summed E-state index contributed by atoms with van der Waals surface area (Å²) in [5, 5.41) is 6.45. The quantitative estimate of drug-likeness (QED) is 0.758. The molecule has 0 aromatic heterocycles. The fourth-order valence-corrected chi connectivity index (χ4v) is 2.41. The zero-order chi connectivity index (χ0) is 16.2. The van der Waals surface area contributed by atoms with Gasteiger partial charge in [-0.05, 0) is 42.9 Å². The number of rotatable bonds is 7. The van der Waals surface area contributed by atoms with Crippen molar-refractivity contribution < 1.29 is 9.59 Å². The summed E-state index contributed by atoms with van der Waals surface area (Å²) < 4.78 is 0. The van der Waals surface area contributed by atoms with Crippen LogP contribution in [-0.2, 0) is 16.0 Å². The molecule has 1 fully saturated rings. The Morgan fingerprint density at radius 2 is 1.73 bits per heavy atom. The van der Waals surface area contributed by atoms with Crippen molar-refractivity contribution in [1.82, 2.24) is 10.6 Å². The van der Waals surface area contributed by atoms with Gasteiger partial charge in [0.1, 0.15) is 5.41 Å². The van der Waals surface area contributed by atoms with E-state index in [1.165, 1.54) is 0 Å². The van der Waals surface area contributed by atoms with E-state index < -0.39 is 5.41 Å². The number of carbonyl (C=O) groups excluding carboxylic acids is 2. The van der Waals surface area contributed by atoms with Crippen molar-refractivity contribution in [1.29, 1.82) is 0 Å². The molecule has 5 heteroatoms. The minimum atomic E-state index is -0.825. The van der Waals surface area contributed by atoms with Gasteiger partial charge in [-0.3, -0.25) is 9.59 Å². The molecule has 0 bridgehead atoms. The highest BCUT2D eigenvalue weighted by molar-refractivity contribution is 6.30. The Morgan fingerprint density at radius 3 is 2.27 bits per heavy atom. The number of hydrogen-bond donors (Lipinski definition) is 2. The van der Waals surface area contributed by atoms with Crippen molar-refractivity contribution in [3.05, 3.63) is 34.9 Å². The zero-order valence-electron chi connectivity index (χ0n) is 13.1. The van der Waals surface area contributed by atoms with E-state index in [0.29, 0.717) is 36.9 Å². The van der Waals surface area contributed by atoms with Crippen molar-refractivity contribution in [3.8, 4) is 0 Å². The van der Waals surface area contributed by atoms with Gasteiger partial charge >= 0.3 is 0 Å². The summed E-state index contributed by atoms with van der Waals surface area (Å²) in [7, 11) is 0. The fourth-order valence-electron chi connectivity index (χ4n) is 2.29. The second-order valence-electron chi connectivity index (χ2n) is 6.32. The van der Waals surface area contributed by atoms with Crippen molar-refractivity contribution in [2.75, 3.05) is 13.1 Å². The molecule has 0 unspecified atom stereocenters. The third kappa shape index (κ3) is 4.23. The summed E-state index contributed by atoms with van der Waals surface area (Å²) in [6.45, 7) is 5.20. The van der Waals surface area contributed by atoms with Crippen LogP contribution < -0.4 is 10.6 Å². The zero-order valence-corrected chi connectivity index (χ0v) is 13.9. The van der Waals surface area contributed by atoms with E-state index in [-0.39, 0.29) is 11.8 Å². The van der Waals surface area contributed by atoms with E-state index in [1.807, 2.05) is 38.1 Å². The first-order chi connectivity index (χ1) is 10.4. The third-order valence-corrected chi connectivity index (χ3v) is 4.15. The van der Waals surface area contributed by atoms with Gasteiger partial charge in [0.15, 0.2) is 0 Å². The van der Waals surface area contributed by atoms with Gasteiger partial charge < -0.3 is 10.6 Å². The maximum atomic E-state index is 12.3. The summed E-state index contributed by atoms with van der Waals surface area (Å²) in [6, 6.07) is 7.55. The fraction of sp³-hybridized carbons (Fsp3) is 0.529. The standard InChI is InChI=1S/C17H23ClN2O2/c1-12(2)11-20-16(22)17(8-9-17)15(21)19-10-7-13-3-5-14(18)6-4-13/h3-6,12H,7-11H2,1-2H3,(H,19,21)(H,20,22). The van der Waals surface area contributed by atoms with Gasteiger partial charge in [-0.15, -0.1) is 0 Å². The molecule has 22 heavy (non-hydrogen) atoms. The number of amides is 2. The molecule has 0 atom stereocenters. The average Bonchev–Trinajstić information content (AvgIpc) is 3.28. The van der Waals surface area contributed by atoms with Gasteiger partial charge in [0, 0.05) is 18.1 Å². The van der Waals surface area contributed by atoms with E-state index in [2.05, 4.69) is 10.6 Å². The van der Waals surface area contributed by atoms with Crippen molar-refractivity contribution >= 4 is 23.4 Å². The molecule has 1 aliphatic carbocycles. The number of benzene rings is 1. The summed E-state index contributed by atoms with van der Waals surface area (Å²) >= 11 is 5.84. The first-order valence-corrected chi connectivity index (χ1v) is 8.13. The predicted molar refractivity (Wildman–Crippen MR) is 87.7 cm³/mol. The molecule has 4 nitrogen and oxygen atoms in total. The Bertz CT molecular complexity index is 536. The van der Waals surface area contributed by atoms with Crippen LogP contribution >= 0.6 is 11.6 Å². The lowest BCUT2D eigenvalue weighted by molar-refractivity contribution is -0.137. The van der Waals surface area contributed by atoms with E-state index in [9.17, 15) is 9.59 Å². The second kappa shape index (κ2) is 7.14. The lowest BCUT2D eigenvalue weighted by Crippen LogP contribution is -2.44. The molecule has 0 radical (unpaired) electrons. The lowest BCUT2D eigenvalue weighted by atomic mass is 10.0. The second-order valence-corrected chi connectivity index (χ2v) is 6.75. The van der Waals surface area contributed by atoms with E-state index in [0.717, 1.165) is 12.0 Å². The Balaban J connectivity index is 1.79. The maximum Gasteiger partial charge on any atom is 0.235 e. The largest absolute Gasteiger partial charge is 0.355 e. The summed E-state index contributed by atoms with van der Waals surface area (Å²) in [4.78, 5) is 24.4. The monoisotopic (exact) mass is 322 g/mol. The molecule has 1 aromatic carbocycles. The van der Waals surface area contributed by atoms with Crippen LogP contribution in [0.1, 0.15) is 32.3 Å². The van der Waals surface area contributed by atoms with Gasteiger partial charge in [-0.25, -0.2) is 0 Å². The van der Waals surface area contributed by atoms with Gasteiger partial charge in [-0.1, -0.05) is 37.6 Å². The summed E-state index contributed by atoms with van der Waals surface area (Å²) in [5.74, 6) is 0.0978. The average molecular weight is 323 g/mol. The van der Waals surface area contributed by atoms with Crippen LogP contribution in [-0.4, -0.2) is 24.9 Å². The molecular weight excluding hydrogens is 300 g/mol. The van der Waals surface area contributed by atoms with Crippen LogP contribution in [0.25, 0.3) is 0 Å². The minimum absolute atomic E-state index is 0.134. The Hall–Kier alpha value is -1.55. The molecule has 0 saturated heterocycles. The van der Waals surface area contributed by atoms with Gasteiger partial charge in [0.25, 0.3) is 0 Å². The van der Waals surface area contributed by atoms with Gasteiger partial charge in [-0.2, -0.15) is 0 Å². The molecule has 2 amide bonds. The molecule has 120 valence electrons. The maximum absolute atomic E-state index is 12.3. The highest BCUT2D eigenvalue weighted by Gasteiger charge is 2.56. The Labute approximate surface area is 136 Å². The van der Waals surface area contributed by atoms with Gasteiger partial charge in [0.05, 0.1) is 0 Å². The molecule has 0 aliphatic heterocycles. The van der Waals surface area contributed by atoms with Crippen LogP contribution in [0, 0.1) is 11.3 Å². The van der Waals surface area contributed by atoms with Crippen LogP contribution in [0.5, 0.6) is 0 Å². The Kier molecular flexibility index (Phi) is 5.46. The van der Waals surface area contributed by atoms with E-state index in [1.54, 1.807) is 0 Å². The molecule has 1 aliphatic rings. The predicted octanol–water partition coefficient (Wildman–Crippen LogP) is 2.55. The molecule has 2 N–H and O–H groups in total. The van der Waals surface area contributed by atoms with Crippen LogP contribution in [0.2, 0.25) is 5.02 Å². The molecule has 0 spiro atoms. The SMILES string of the molecule is CC(C)CNC(=O)C1(C(=O)NCCc2ccc(Cl)cc2)CC1. The highest BCUT2D eigenvalue weighted by atomic mass is 35.5. The number of nitrogens with one attached hydrogen (secondary N) is 2. The molecule has 1 aromatic rings. The van der Waals surface area contributed by atoms with Crippen LogP contribution in [0.15, 0.2) is 24.3 Å². The first kappa shape index (κ1) is 16.8. The van der Waals surface area contributed by atoms with Crippen LogP contribution in [0.4, 0.5) is 0 Å². The smallest absolute Gasteiger partial charge is 0.235 e. The molecule has 2 rings (SSSR count). The number of hydrogen-bond acceptors (Lipinski definition) is 2.